The minimum absolute atomic E-state index is 0.119. The molecule has 2 aromatic carbocycles. The van der Waals surface area contributed by atoms with Gasteiger partial charge in [-0.1, -0.05) is 24.3 Å². The summed E-state index contributed by atoms with van der Waals surface area (Å²) in [6, 6.07) is 12.4. The van der Waals surface area contributed by atoms with Gasteiger partial charge in [-0.25, -0.2) is 9.59 Å². The van der Waals surface area contributed by atoms with Crippen LogP contribution in [0.4, 0.5) is 5.69 Å². The van der Waals surface area contributed by atoms with Crippen molar-refractivity contribution < 1.29 is 33.4 Å². The number of rotatable bonds is 9. The Morgan fingerprint density at radius 2 is 1.55 bits per heavy atom. The number of nitrogens with one attached hydrogen (secondary N) is 1. The molecule has 0 saturated carbocycles. The van der Waals surface area contributed by atoms with Gasteiger partial charge in [0, 0.05) is 0 Å². The normalized spacial score (nSPS) is 9.97. The van der Waals surface area contributed by atoms with E-state index in [1.807, 2.05) is 0 Å². The molecule has 152 valence electrons. The number of carbonyl (C=O) groups excluding carboxylic acids is 4. The van der Waals surface area contributed by atoms with Gasteiger partial charge in [0.05, 0.1) is 23.4 Å². The van der Waals surface area contributed by atoms with Crippen LogP contribution in [-0.4, -0.2) is 43.6 Å². The summed E-state index contributed by atoms with van der Waals surface area (Å²) >= 11 is 0. The standard InChI is InChI=1S/C20H20N2O7/c1-2-27-20(26)13-7-3-5-9-15(13)22-17(23)11-29-18(24)12-28-16-10-6-4-8-14(16)19(21)25/h3-10H,2,11-12H2,1H3,(H2,21,25)(H,22,23). The molecule has 0 atom stereocenters. The average Bonchev–Trinajstić information content (AvgIpc) is 2.71. The smallest absolute Gasteiger partial charge is 0.344 e. The molecule has 0 heterocycles. The Balaban J connectivity index is 1.86. The van der Waals surface area contributed by atoms with Gasteiger partial charge in [-0.05, 0) is 31.2 Å². The van der Waals surface area contributed by atoms with E-state index in [1.54, 1.807) is 31.2 Å². The van der Waals surface area contributed by atoms with Crippen LogP contribution in [0, 0.1) is 0 Å². The van der Waals surface area contributed by atoms with Crippen LogP contribution in [0.25, 0.3) is 0 Å². The molecule has 0 aromatic heterocycles. The summed E-state index contributed by atoms with van der Waals surface area (Å²) in [5, 5.41) is 2.48. The first-order valence-electron chi connectivity index (χ1n) is 8.65. The van der Waals surface area contributed by atoms with Crippen molar-refractivity contribution in [3.63, 3.8) is 0 Å². The van der Waals surface area contributed by atoms with Gasteiger partial charge in [0.25, 0.3) is 11.8 Å². The number of primary amides is 1. The van der Waals surface area contributed by atoms with Crippen LogP contribution >= 0.6 is 0 Å². The minimum atomic E-state index is -0.821. The van der Waals surface area contributed by atoms with Crippen LogP contribution < -0.4 is 15.8 Å². The van der Waals surface area contributed by atoms with Gasteiger partial charge in [-0.2, -0.15) is 0 Å². The molecule has 0 unspecified atom stereocenters. The number of ether oxygens (including phenoxy) is 3. The van der Waals surface area contributed by atoms with Crippen LogP contribution in [0.1, 0.15) is 27.6 Å². The number of esters is 2. The molecule has 29 heavy (non-hydrogen) atoms. The predicted molar refractivity (Wildman–Crippen MR) is 102 cm³/mol. The zero-order chi connectivity index (χ0) is 21.2. The third kappa shape index (κ3) is 6.35. The van der Waals surface area contributed by atoms with Crippen molar-refractivity contribution in [2.24, 2.45) is 5.73 Å². The van der Waals surface area contributed by atoms with Crippen molar-refractivity contribution >= 4 is 29.4 Å². The van der Waals surface area contributed by atoms with Gasteiger partial charge >= 0.3 is 11.9 Å². The molecule has 0 saturated heterocycles. The number of benzene rings is 2. The van der Waals surface area contributed by atoms with Crippen LogP contribution in [0.5, 0.6) is 5.75 Å². The fourth-order valence-electron chi connectivity index (χ4n) is 2.29. The van der Waals surface area contributed by atoms with E-state index < -0.39 is 37.0 Å². The van der Waals surface area contributed by atoms with Crippen LogP contribution in [-0.2, 0) is 19.1 Å². The lowest BCUT2D eigenvalue weighted by Gasteiger charge is -2.11. The monoisotopic (exact) mass is 400 g/mol. The summed E-state index contributed by atoms with van der Waals surface area (Å²) < 4.78 is 15.0. The SMILES string of the molecule is CCOC(=O)c1ccccc1NC(=O)COC(=O)COc1ccccc1C(N)=O. The first-order valence-corrected chi connectivity index (χ1v) is 8.65. The van der Waals surface area contributed by atoms with Crippen molar-refractivity contribution in [2.45, 2.75) is 6.92 Å². The zero-order valence-corrected chi connectivity index (χ0v) is 15.7. The maximum Gasteiger partial charge on any atom is 0.344 e. The molecule has 0 bridgehead atoms. The van der Waals surface area contributed by atoms with Gasteiger partial charge in [-0.15, -0.1) is 0 Å². The first kappa shape index (κ1) is 21.4. The highest BCUT2D eigenvalue weighted by molar-refractivity contribution is 6.02. The highest BCUT2D eigenvalue weighted by Crippen LogP contribution is 2.17. The van der Waals surface area contributed by atoms with E-state index in [4.69, 9.17) is 19.9 Å². The fourth-order valence-corrected chi connectivity index (χ4v) is 2.29. The minimum Gasteiger partial charge on any atom is -0.481 e. The highest BCUT2D eigenvalue weighted by atomic mass is 16.6. The number of anilines is 1. The Morgan fingerprint density at radius 1 is 0.897 bits per heavy atom. The molecule has 0 spiro atoms. The summed E-state index contributed by atoms with van der Waals surface area (Å²) in [5.74, 6) is -2.62. The summed E-state index contributed by atoms with van der Waals surface area (Å²) in [5.41, 5.74) is 5.76. The van der Waals surface area contributed by atoms with Crippen molar-refractivity contribution in [3.05, 3.63) is 59.7 Å². The van der Waals surface area contributed by atoms with Gasteiger partial charge in [-0.3, -0.25) is 9.59 Å². The van der Waals surface area contributed by atoms with E-state index in [0.29, 0.717) is 0 Å². The van der Waals surface area contributed by atoms with Crippen LogP contribution in [0.2, 0.25) is 0 Å². The van der Waals surface area contributed by atoms with Gasteiger partial charge in [0.1, 0.15) is 5.75 Å². The molecule has 0 aliphatic carbocycles. The number of hydrogen-bond donors (Lipinski definition) is 2. The van der Waals surface area contributed by atoms with Gasteiger partial charge in [0.15, 0.2) is 13.2 Å². The Bertz CT molecular complexity index is 911. The second-order valence-electron chi connectivity index (χ2n) is 5.62. The number of carbonyl (C=O) groups is 4. The van der Waals surface area contributed by atoms with E-state index in [1.165, 1.54) is 24.3 Å². The molecule has 2 aromatic rings. The van der Waals surface area contributed by atoms with Crippen molar-refractivity contribution in [2.75, 3.05) is 25.1 Å². The maximum absolute atomic E-state index is 12.0. The molecule has 9 heteroatoms. The van der Waals surface area contributed by atoms with E-state index in [-0.39, 0.29) is 29.2 Å². The largest absolute Gasteiger partial charge is 0.481 e. The number of amides is 2. The van der Waals surface area contributed by atoms with Gasteiger partial charge < -0.3 is 25.3 Å². The van der Waals surface area contributed by atoms with E-state index >= 15 is 0 Å². The Hall–Kier alpha value is -3.88. The molecule has 0 fully saturated rings. The Labute approximate surface area is 166 Å². The fraction of sp³-hybridized carbons (Fsp3) is 0.200. The van der Waals surface area contributed by atoms with E-state index in [9.17, 15) is 19.2 Å². The maximum atomic E-state index is 12.0. The summed E-state index contributed by atoms with van der Waals surface area (Å²) in [6.45, 7) is 0.758. The molecule has 2 amide bonds. The quantitative estimate of drug-likeness (QED) is 0.610. The van der Waals surface area contributed by atoms with E-state index in [2.05, 4.69) is 5.32 Å². The second-order valence-corrected chi connectivity index (χ2v) is 5.62. The molecule has 0 radical (unpaired) electrons. The number of hydrogen-bond acceptors (Lipinski definition) is 7. The summed E-state index contributed by atoms with van der Waals surface area (Å²) in [6.07, 6.45) is 0. The molecular formula is C20H20N2O7. The molecule has 9 nitrogen and oxygen atoms in total. The number of nitrogens with two attached hydrogens (primary N) is 1. The lowest BCUT2D eigenvalue weighted by molar-refractivity contribution is -0.149. The Morgan fingerprint density at radius 3 is 2.24 bits per heavy atom. The van der Waals surface area contributed by atoms with Gasteiger partial charge in [0.2, 0.25) is 0 Å². The lowest BCUT2D eigenvalue weighted by atomic mass is 10.2. The topological polar surface area (TPSA) is 134 Å². The average molecular weight is 400 g/mol. The molecule has 2 rings (SSSR count). The second kappa shape index (κ2) is 10.5. The predicted octanol–water partition coefficient (Wildman–Crippen LogP) is 1.52. The highest BCUT2D eigenvalue weighted by Gasteiger charge is 2.16. The van der Waals surface area contributed by atoms with Crippen molar-refractivity contribution in [3.8, 4) is 5.75 Å². The van der Waals surface area contributed by atoms with Crippen LogP contribution in [0.15, 0.2) is 48.5 Å². The molecular weight excluding hydrogens is 380 g/mol. The van der Waals surface area contributed by atoms with E-state index in [0.717, 1.165) is 0 Å². The van der Waals surface area contributed by atoms with Crippen molar-refractivity contribution in [1.82, 2.24) is 0 Å². The van der Waals surface area contributed by atoms with Crippen LogP contribution in [0.3, 0.4) is 0 Å². The first-order chi connectivity index (χ1) is 13.9. The third-order valence-corrected chi connectivity index (χ3v) is 3.56. The molecule has 0 aliphatic heterocycles. The number of para-hydroxylation sites is 2. The summed E-state index contributed by atoms with van der Waals surface area (Å²) in [7, 11) is 0. The molecule has 3 N–H and O–H groups in total. The Kier molecular flexibility index (Phi) is 7.72. The van der Waals surface area contributed by atoms with Crippen molar-refractivity contribution in [1.29, 1.82) is 0 Å². The lowest BCUT2D eigenvalue weighted by Crippen LogP contribution is -2.25. The third-order valence-electron chi connectivity index (χ3n) is 3.56. The summed E-state index contributed by atoms with van der Waals surface area (Å²) in [4.78, 5) is 47.0. The molecule has 0 aliphatic rings. The zero-order valence-electron chi connectivity index (χ0n) is 15.7.